The molecule has 0 fully saturated rings. The van der Waals surface area contributed by atoms with E-state index in [9.17, 15) is 22.0 Å². The number of hydrogen-bond donors (Lipinski definition) is 0. The number of hydrogen-bond acceptors (Lipinski definition) is 9. The van der Waals surface area contributed by atoms with Crippen molar-refractivity contribution in [1.29, 1.82) is 0 Å². The van der Waals surface area contributed by atoms with Crippen molar-refractivity contribution in [3.8, 4) is 17.8 Å². The standard InChI is InChI=1S/C15H14F2N4O6S/c1-25-8-6-4-5-7-9(11-18-14(26-2)20-15(19-11)27-3)12(22)21(10(7)8)28(23,24)13(16)17/h4-6,9,13H,1-3H3. The average Bonchev–Trinajstić information content (AvgIpc) is 2.99. The second-order valence-corrected chi connectivity index (χ2v) is 7.16. The molecule has 0 aliphatic carbocycles. The summed E-state index contributed by atoms with van der Waals surface area (Å²) in [5.74, 6) is -6.73. The number of carbonyl (C=O) groups excluding carboxylic acids is 1. The SMILES string of the molecule is COc1nc(OC)nc(C2C(=O)N(S(=O)(=O)C(F)F)c3c(OC)cccc32)n1. The Hall–Kier alpha value is -3.09. The summed E-state index contributed by atoms with van der Waals surface area (Å²) in [5.41, 5.74) is -0.248. The summed E-state index contributed by atoms with van der Waals surface area (Å²) in [7, 11) is -1.56. The number of halogens is 2. The van der Waals surface area contributed by atoms with Crippen LogP contribution in [0.5, 0.6) is 17.8 Å². The highest BCUT2D eigenvalue weighted by molar-refractivity contribution is 7.93. The summed E-state index contributed by atoms with van der Waals surface area (Å²) >= 11 is 0. The molecule has 2 heterocycles. The number of nitrogens with zero attached hydrogens (tertiary/aromatic N) is 4. The van der Waals surface area contributed by atoms with E-state index in [-0.39, 0.29) is 39.2 Å². The van der Waals surface area contributed by atoms with Crippen LogP contribution in [-0.2, 0) is 14.8 Å². The van der Waals surface area contributed by atoms with Gasteiger partial charge >= 0.3 is 27.8 Å². The third kappa shape index (κ3) is 2.96. The smallest absolute Gasteiger partial charge is 0.355 e. The van der Waals surface area contributed by atoms with Gasteiger partial charge in [-0.3, -0.25) is 4.79 Å². The van der Waals surface area contributed by atoms with Gasteiger partial charge in [-0.25, -0.2) is 0 Å². The molecule has 0 saturated heterocycles. The Kier molecular flexibility index (Phi) is 5.02. The highest BCUT2D eigenvalue weighted by Gasteiger charge is 2.50. The predicted molar refractivity (Wildman–Crippen MR) is 90.2 cm³/mol. The molecule has 1 atom stereocenters. The molecule has 0 saturated carbocycles. The summed E-state index contributed by atoms with van der Waals surface area (Å²) < 4.78 is 65.8. The third-order valence-corrected chi connectivity index (χ3v) is 5.25. The van der Waals surface area contributed by atoms with Crippen molar-refractivity contribution in [1.82, 2.24) is 15.0 Å². The maximum Gasteiger partial charge on any atom is 0.355 e. The first-order valence-electron chi connectivity index (χ1n) is 7.63. The van der Waals surface area contributed by atoms with Crippen molar-refractivity contribution in [2.75, 3.05) is 25.6 Å². The lowest BCUT2D eigenvalue weighted by molar-refractivity contribution is -0.117. The zero-order valence-electron chi connectivity index (χ0n) is 14.8. The monoisotopic (exact) mass is 416 g/mol. The molecule has 1 aliphatic heterocycles. The second-order valence-electron chi connectivity index (χ2n) is 5.41. The Bertz CT molecular complexity index is 1010. The van der Waals surface area contributed by atoms with Gasteiger partial charge in [0.15, 0.2) is 5.82 Å². The van der Waals surface area contributed by atoms with E-state index >= 15 is 0 Å². The van der Waals surface area contributed by atoms with Crippen LogP contribution in [0, 0.1) is 0 Å². The summed E-state index contributed by atoms with van der Waals surface area (Å²) in [6, 6.07) is 3.82. The largest absolute Gasteiger partial charge is 0.495 e. The van der Waals surface area contributed by atoms with Gasteiger partial charge < -0.3 is 14.2 Å². The molecular formula is C15H14F2N4O6S. The van der Waals surface area contributed by atoms with Crippen LogP contribution in [0.4, 0.5) is 14.5 Å². The fourth-order valence-electron chi connectivity index (χ4n) is 2.76. The topological polar surface area (TPSA) is 121 Å². The summed E-state index contributed by atoms with van der Waals surface area (Å²) in [6.07, 6.45) is 0. The fourth-order valence-corrected chi connectivity index (χ4v) is 3.73. The van der Waals surface area contributed by atoms with Crippen LogP contribution in [-0.4, -0.2) is 56.4 Å². The number of aromatic nitrogens is 3. The molecule has 0 spiro atoms. The van der Waals surface area contributed by atoms with Crippen LogP contribution >= 0.6 is 0 Å². The van der Waals surface area contributed by atoms with E-state index in [2.05, 4.69) is 15.0 Å². The second kappa shape index (κ2) is 7.14. The summed E-state index contributed by atoms with van der Waals surface area (Å²) in [4.78, 5) is 24.7. The minimum Gasteiger partial charge on any atom is -0.495 e. The molecule has 1 unspecified atom stereocenters. The quantitative estimate of drug-likeness (QED) is 0.677. The van der Waals surface area contributed by atoms with Crippen LogP contribution in [0.25, 0.3) is 0 Å². The number of para-hydroxylation sites is 1. The zero-order valence-corrected chi connectivity index (χ0v) is 15.6. The number of amides is 1. The summed E-state index contributed by atoms with van der Waals surface area (Å²) in [5, 5.41) is 0. The molecule has 0 radical (unpaired) electrons. The van der Waals surface area contributed by atoms with Gasteiger partial charge in [0, 0.05) is 5.56 Å². The Morgan fingerprint density at radius 1 is 1.04 bits per heavy atom. The molecular weight excluding hydrogens is 402 g/mol. The van der Waals surface area contributed by atoms with Crippen molar-refractivity contribution >= 4 is 21.6 Å². The van der Waals surface area contributed by atoms with Gasteiger partial charge in [0.25, 0.3) is 5.91 Å². The maximum absolute atomic E-state index is 13.2. The van der Waals surface area contributed by atoms with Gasteiger partial charge in [-0.1, -0.05) is 12.1 Å². The highest BCUT2D eigenvalue weighted by Crippen LogP contribution is 2.47. The Morgan fingerprint density at radius 3 is 2.14 bits per heavy atom. The predicted octanol–water partition coefficient (Wildman–Crippen LogP) is 0.928. The van der Waals surface area contributed by atoms with E-state index in [4.69, 9.17) is 14.2 Å². The van der Waals surface area contributed by atoms with E-state index in [0.29, 0.717) is 0 Å². The lowest BCUT2D eigenvalue weighted by Gasteiger charge is -2.19. The van der Waals surface area contributed by atoms with Crippen LogP contribution in [0.2, 0.25) is 0 Å². The molecule has 1 aromatic carbocycles. The third-order valence-electron chi connectivity index (χ3n) is 3.93. The number of fused-ring (bicyclic) bond motifs is 1. The molecule has 1 aliphatic rings. The molecule has 2 aromatic rings. The molecule has 1 aromatic heterocycles. The highest BCUT2D eigenvalue weighted by atomic mass is 32.2. The van der Waals surface area contributed by atoms with Gasteiger partial charge in [-0.2, -0.15) is 31.5 Å². The van der Waals surface area contributed by atoms with Gasteiger partial charge in [0.1, 0.15) is 17.4 Å². The molecule has 3 rings (SSSR count). The molecule has 150 valence electrons. The van der Waals surface area contributed by atoms with E-state index < -0.39 is 27.6 Å². The zero-order chi connectivity index (χ0) is 20.6. The minimum atomic E-state index is -5.31. The Labute approximate surface area is 158 Å². The first-order valence-corrected chi connectivity index (χ1v) is 9.13. The van der Waals surface area contributed by atoms with E-state index in [0.717, 1.165) is 0 Å². The van der Waals surface area contributed by atoms with E-state index in [1.165, 1.54) is 39.5 Å². The summed E-state index contributed by atoms with van der Waals surface area (Å²) in [6.45, 7) is 0. The number of anilines is 1. The first-order chi connectivity index (χ1) is 13.3. The Morgan fingerprint density at radius 2 is 1.64 bits per heavy atom. The molecule has 0 bridgehead atoms. The first kappa shape index (κ1) is 19.7. The molecule has 28 heavy (non-hydrogen) atoms. The van der Waals surface area contributed by atoms with Crippen molar-refractivity contribution in [3.05, 3.63) is 29.6 Å². The molecule has 13 heteroatoms. The number of rotatable bonds is 6. The van der Waals surface area contributed by atoms with Gasteiger partial charge in [0.05, 0.1) is 21.3 Å². The molecule has 1 amide bonds. The van der Waals surface area contributed by atoms with Crippen LogP contribution in [0.1, 0.15) is 17.3 Å². The number of carbonyl (C=O) groups is 1. The number of methoxy groups -OCH3 is 3. The van der Waals surface area contributed by atoms with Crippen molar-refractivity contribution < 1.29 is 36.2 Å². The van der Waals surface area contributed by atoms with Gasteiger partial charge in [-0.05, 0) is 6.07 Å². The van der Waals surface area contributed by atoms with Gasteiger partial charge in [-0.15, -0.1) is 4.98 Å². The van der Waals surface area contributed by atoms with E-state index in [1.54, 1.807) is 0 Å². The maximum atomic E-state index is 13.2. The number of benzene rings is 1. The molecule has 0 N–H and O–H groups in total. The van der Waals surface area contributed by atoms with E-state index in [1.807, 2.05) is 0 Å². The fraction of sp³-hybridized carbons (Fsp3) is 0.333. The normalized spacial score (nSPS) is 16.3. The average molecular weight is 416 g/mol. The molecule has 10 nitrogen and oxygen atoms in total. The lowest BCUT2D eigenvalue weighted by atomic mass is 9.99. The van der Waals surface area contributed by atoms with Crippen molar-refractivity contribution in [2.24, 2.45) is 0 Å². The van der Waals surface area contributed by atoms with Crippen LogP contribution in [0.3, 0.4) is 0 Å². The Balaban J connectivity index is 2.28. The van der Waals surface area contributed by atoms with Gasteiger partial charge in [0.2, 0.25) is 0 Å². The van der Waals surface area contributed by atoms with Crippen LogP contribution < -0.4 is 18.5 Å². The number of ether oxygens (including phenoxy) is 3. The minimum absolute atomic E-state index is 0.0270. The number of alkyl halides is 2. The van der Waals surface area contributed by atoms with Crippen LogP contribution in [0.15, 0.2) is 18.2 Å². The van der Waals surface area contributed by atoms with Crippen molar-refractivity contribution in [3.63, 3.8) is 0 Å². The number of sulfonamides is 1. The van der Waals surface area contributed by atoms with Crippen molar-refractivity contribution in [2.45, 2.75) is 11.7 Å². The lowest BCUT2D eigenvalue weighted by Crippen LogP contribution is -2.39.